The molecular formula is C13H18BrNO3. The average Bonchev–Trinajstić information content (AvgIpc) is 2.27. The molecule has 1 aromatic carbocycles. The lowest BCUT2D eigenvalue weighted by molar-refractivity contribution is -0.137. The Morgan fingerprint density at radius 2 is 1.83 bits per heavy atom. The summed E-state index contributed by atoms with van der Waals surface area (Å²) in [4.78, 5) is 11.6. The molecule has 1 aromatic rings. The molecule has 2 atom stereocenters. The topological polar surface area (TPSA) is 69.6 Å². The van der Waals surface area contributed by atoms with E-state index in [1.807, 2.05) is 12.1 Å². The van der Waals surface area contributed by atoms with Crippen molar-refractivity contribution in [2.24, 2.45) is 0 Å². The number of amides is 1. The van der Waals surface area contributed by atoms with Gasteiger partial charge in [0.15, 0.2) is 0 Å². The third kappa shape index (κ3) is 4.08. The zero-order valence-corrected chi connectivity index (χ0v) is 12.2. The maximum Gasteiger partial charge on any atom is 0.251 e. The Kier molecular flexibility index (Phi) is 4.90. The molecule has 0 aliphatic rings. The predicted octanol–water partition coefficient (Wildman–Crippen LogP) is 1.76. The Labute approximate surface area is 115 Å². The van der Waals surface area contributed by atoms with Gasteiger partial charge in [0.2, 0.25) is 0 Å². The van der Waals surface area contributed by atoms with Crippen molar-refractivity contribution in [2.75, 3.05) is 0 Å². The fraction of sp³-hybridized carbons (Fsp3) is 0.462. The summed E-state index contributed by atoms with van der Waals surface area (Å²) in [5, 5.41) is 22.2. The van der Waals surface area contributed by atoms with Gasteiger partial charge in [-0.2, -0.15) is 0 Å². The summed E-state index contributed by atoms with van der Waals surface area (Å²) in [5.41, 5.74) is -0.741. The van der Waals surface area contributed by atoms with Gasteiger partial charge in [0, 0.05) is 4.47 Å². The fourth-order valence-electron chi connectivity index (χ4n) is 1.41. The van der Waals surface area contributed by atoms with Crippen molar-refractivity contribution in [1.82, 2.24) is 5.32 Å². The Bertz CT molecular complexity index is 411. The monoisotopic (exact) mass is 315 g/mol. The van der Waals surface area contributed by atoms with Crippen LogP contribution in [0.4, 0.5) is 0 Å². The highest BCUT2D eigenvalue weighted by molar-refractivity contribution is 9.10. The Morgan fingerprint density at radius 3 is 2.28 bits per heavy atom. The van der Waals surface area contributed by atoms with Gasteiger partial charge in [-0.1, -0.05) is 28.1 Å². The summed E-state index contributed by atoms with van der Waals surface area (Å²) in [6.07, 6.45) is -0.815. The van der Waals surface area contributed by atoms with Crippen LogP contribution in [0.5, 0.6) is 0 Å². The Morgan fingerprint density at radius 1 is 1.33 bits per heavy atom. The molecule has 1 amide bonds. The first-order valence-electron chi connectivity index (χ1n) is 5.68. The molecule has 100 valence electrons. The van der Waals surface area contributed by atoms with Crippen molar-refractivity contribution < 1.29 is 15.0 Å². The van der Waals surface area contributed by atoms with E-state index in [4.69, 9.17) is 0 Å². The van der Waals surface area contributed by atoms with Crippen LogP contribution >= 0.6 is 15.9 Å². The van der Waals surface area contributed by atoms with E-state index in [9.17, 15) is 15.0 Å². The van der Waals surface area contributed by atoms with Crippen LogP contribution in [0.3, 0.4) is 0 Å². The largest absolute Gasteiger partial charge is 0.386 e. The van der Waals surface area contributed by atoms with E-state index >= 15 is 0 Å². The highest BCUT2D eigenvalue weighted by atomic mass is 79.9. The summed E-state index contributed by atoms with van der Waals surface area (Å²) in [7, 11) is 0. The zero-order valence-electron chi connectivity index (χ0n) is 10.6. The highest BCUT2D eigenvalue weighted by Crippen LogP contribution is 2.19. The fourth-order valence-corrected chi connectivity index (χ4v) is 1.68. The summed E-state index contributed by atoms with van der Waals surface area (Å²) in [5.74, 6) is -0.508. The van der Waals surface area contributed by atoms with Crippen molar-refractivity contribution in [1.29, 1.82) is 0 Å². The molecule has 1 rings (SSSR count). The molecule has 4 nitrogen and oxygen atoms in total. The van der Waals surface area contributed by atoms with Crippen LogP contribution in [-0.4, -0.2) is 27.8 Å². The lowest BCUT2D eigenvalue weighted by Gasteiger charge is -2.24. The standard InChI is InChI=1S/C13H18BrNO3/c1-8(15-12(17)13(2,3)18)11(16)9-4-6-10(14)7-5-9/h4-8,11,16,18H,1-3H3,(H,15,17)/t8-,11+/m1/s1. The van der Waals surface area contributed by atoms with Gasteiger partial charge in [-0.15, -0.1) is 0 Å². The number of aliphatic hydroxyl groups is 2. The van der Waals surface area contributed by atoms with Crippen LogP contribution in [-0.2, 0) is 4.79 Å². The van der Waals surface area contributed by atoms with E-state index in [0.717, 1.165) is 4.47 Å². The average molecular weight is 316 g/mol. The third-order valence-corrected chi connectivity index (χ3v) is 3.13. The van der Waals surface area contributed by atoms with Gasteiger partial charge >= 0.3 is 0 Å². The number of benzene rings is 1. The van der Waals surface area contributed by atoms with Gasteiger partial charge in [0.25, 0.3) is 5.91 Å². The van der Waals surface area contributed by atoms with Crippen molar-refractivity contribution in [3.05, 3.63) is 34.3 Å². The van der Waals surface area contributed by atoms with E-state index in [2.05, 4.69) is 21.2 Å². The third-order valence-electron chi connectivity index (χ3n) is 2.60. The second kappa shape index (κ2) is 5.82. The van der Waals surface area contributed by atoms with Crippen molar-refractivity contribution in [3.8, 4) is 0 Å². The molecule has 0 unspecified atom stereocenters. The van der Waals surface area contributed by atoms with Crippen molar-refractivity contribution >= 4 is 21.8 Å². The van der Waals surface area contributed by atoms with E-state index in [1.165, 1.54) is 13.8 Å². The number of carbonyl (C=O) groups is 1. The molecule has 18 heavy (non-hydrogen) atoms. The molecule has 0 saturated heterocycles. The van der Waals surface area contributed by atoms with Crippen LogP contribution in [0.1, 0.15) is 32.4 Å². The molecule has 5 heteroatoms. The second-order valence-electron chi connectivity index (χ2n) is 4.82. The molecule has 0 heterocycles. The number of halogens is 1. The van der Waals surface area contributed by atoms with Gasteiger partial charge < -0.3 is 15.5 Å². The molecule has 0 bridgehead atoms. The van der Waals surface area contributed by atoms with E-state index in [-0.39, 0.29) is 0 Å². The molecule has 0 aliphatic carbocycles. The summed E-state index contributed by atoms with van der Waals surface area (Å²) >= 11 is 3.31. The van der Waals surface area contributed by atoms with Crippen LogP contribution in [0.15, 0.2) is 28.7 Å². The van der Waals surface area contributed by atoms with E-state index in [1.54, 1.807) is 19.1 Å². The summed E-state index contributed by atoms with van der Waals surface area (Å²) < 4.78 is 0.923. The zero-order chi connectivity index (χ0) is 13.9. The summed E-state index contributed by atoms with van der Waals surface area (Å²) in [6, 6.07) is 6.72. The van der Waals surface area contributed by atoms with Crippen LogP contribution < -0.4 is 5.32 Å². The number of rotatable bonds is 4. The van der Waals surface area contributed by atoms with Gasteiger partial charge in [-0.25, -0.2) is 0 Å². The molecule has 0 aliphatic heterocycles. The summed E-state index contributed by atoms with van der Waals surface area (Å²) in [6.45, 7) is 4.50. The smallest absolute Gasteiger partial charge is 0.251 e. The highest BCUT2D eigenvalue weighted by Gasteiger charge is 2.27. The number of nitrogens with one attached hydrogen (secondary N) is 1. The minimum absolute atomic E-state index is 0.481. The van der Waals surface area contributed by atoms with Crippen LogP contribution in [0, 0.1) is 0 Å². The first-order valence-corrected chi connectivity index (χ1v) is 6.48. The maximum absolute atomic E-state index is 11.6. The van der Waals surface area contributed by atoms with E-state index < -0.39 is 23.7 Å². The van der Waals surface area contributed by atoms with Crippen LogP contribution in [0.2, 0.25) is 0 Å². The minimum Gasteiger partial charge on any atom is -0.386 e. The van der Waals surface area contributed by atoms with Crippen molar-refractivity contribution in [3.63, 3.8) is 0 Å². The first-order chi connectivity index (χ1) is 8.21. The second-order valence-corrected chi connectivity index (χ2v) is 5.73. The molecule has 0 spiro atoms. The number of carbonyl (C=O) groups excluding carboxylic acids is 1. The SMILES string of the molecule is C[C@@H](NC(=O)C(C)(C)O)[C@H](O)c1ccc(Br)cc1. The van der Waals surface area contributed by atoms with E-state index in [0.29, 0.717) is 5.56 Å². The molecule has 0 aromatic heterocycles. The first kappa shape index (κ1) is 15.1. The molecule has 0 fully saturated rings. The van der Waals surface area contributed by atoms with Crippen LogP contribution in [0.25, 0.3) is 0 Å². The number of hydrogen-bond donors (Lipinski definition) is 3. The van der Waals surface area contributed by atoms with Gasteiger partial charge in [-0.3, -0.25) is 4.79 Å². The van der Waals surface area contributed by atoms with Gasteiger partial charge in [0.1, 0.15) is 5.60 Å². The number of aliphatic hydroxyl groups excluding tert-OH is 1. The number of hydrogen-bond acceptors (Lipinski definition) is 3. The molecule has 0 radical (unpaired) electrons. The Hall–Kier alpha value is -0.910. The normalized spacial score (nSPS) is 15.0. The van der Waals surface area contributed by atoms with Gasteiger partial charge in [-0.05, 0) is 38.5 Å². The quantitative estimate of drug-likeness (QED) is 0.793. The predicted molar refractivity (Wildman–Crippen MR) is 73.0 cm³/mol. The minimum atomic E-state index is -1.45. The lowest BCUT2D eigenvalue weighted by atomic mass is 10.0. The molecular weight excluding hydrogens is 298 g/mol. The maximum atomic E-state index is 11.6. The van der Waals surface area contributed by atoms with Crippen molar-refractivity contribution in [2.45, 2.75) is 38.5 Å². The lowest BCUT2D eigenvalue weighted by Crippen LogP contribution is -2.47. The molecule has 0 saturated carbocycles. The molecule has 3 N–H and O–H groups in total. The Balaban J connectivity index is 2.70. The van der Waals surface area contributed by atoms with Gasteiger partial charge in [0.05, 0.1) is 12.1 Å².